The summed E-state index contributed by atoms with van der Waals surface area (Å²) >= 11 is 3.40. The molecule has 0 atom stereocenters. The molecule has 0 bridgehead atoms. The highest BCUT2D eigenvalue weighted by Crippen LogP contribution is 2.10. The molecule has 0 unspecified atom stereocenters. The van der Waals surface area contributed by atoms with Crippen LogP contribution in [-0.2, 0) is 13.0 Å². The molecule has 18 heavy (non-hydrogen) atoms. The second-order valence-electron chi connectivity index (χ2n) is 4.16. The minimum Gasteiger partial charge on any atom is -0.330 e. The average molecular weight is 310 g/mol. The van der Waals surface area contributed by atoms with E-state index in [9.17, 15) is 0 Å². The Balaban J connectivity index is 1.94. The number of aryl methyl sites for hydroxylation is 1. The molecule has 2 rings (SSSR count). The molecule has 0 radical (unpaired) electrons. The fourth-order valence-corrected chi connectivity index (χ4v) is 2.12. The van der Waals surface area contributed by atoms with Gasteiger partial charge in [-0.3, -0.25) is 4.98 Å². The third-order valence-electron chi connectivity index (χ3n) is 2.58. The summed E-state index contributed by atoms with van der Waals surface area (Å²) in [5.41, 5.74) is 7.58. The molecule has 2 N–H and O–H groups in total. The highest BCUT2D eigenvalue weighted by Gasteiger charge is 2.02. The number of nitrogens with two attached hydrogens (primary N) is 1. The van der Waals surface area contributed by atoms with Crippen LogP contribution in [0.3, 0.4) is 0 Å². The van der Waals surface area contributed by atoms with Crippen molar-refractivity contribution in [2.24, 2.45) is 5.73 Å². The monoisotopic (exact) mass is 309 g/mol. The van der Waals surface area contributed by atoms with Gasteiger partial charge in [-0.05, 0) is 53.4 Å². The summed E-state index contributed by atoms with van der Waals surface area (Å²) in [6.07, 6.45) is 8.62. The maximum absolute atomic E-state index is 5.46. The van der Waals surface area contributed by atoms with E-state index < -0.39 is 0 Å². The molecule has 2 heterocycles. The molecule has 96 valence electrons. The van der Waals surface area contributed by atoms with Crippen LogP contribution in [0.5, 0.6) is 0 Å². The van der Waals surface area contributed by atoms with E-state index in [1.165, 1.54) is 0 Å². The third kappa shape index (κ3) is 3.89. The average Bonchev–Trinajstić information content (AvgIpc) is 2.77. The summed E-state index contributed by atoms with van der Waals surface area (Å²) in [6, 6.07) is 2.03. The molecular weight excluding hydrogens is 294 g/mol. The predicted octanol–water partition coefficient (Wildman–Crippen LogP) is 1.77. The van der Waals surface area contributed by atoms with Gasteiger partial charge in [0.2, 0.25) is 0 Å². The van der Waals surface area contributed by atoms with Crippen molar-refractivity contribution in [1.29, 1.82) is 0 Å². The first-order chi connectivity index (χ1) is 8.78. The first-order valence-corrected chi connectivity index (χ1v) is 6.76. The number of hydrogen-bond acceptors (Lipinski definition) is 4. The Kier molecular flexibility index (Phi) is 4.83. The molecule has 2 aromatic rings. The van der Waals surface area contributed by atoms with E-state index in [1.54, 1.807) is 6.20 Å². The quantitative estimate of drug-likeness (QED) is 0.826. The number of aromatic nitrogens is 4. The molecule has 0 spiro atoms. The van der Waals surface area contributed by atoms with E-state index in [1.807, 2.05) is 23.1 Å². The zero-order valence-electron chi connectivity index (χ0n) is 10.1. The first-order valence-electron chi connectivity index (χ1n) is 5.96. The molecule has 5 nitrogen and oxygen atoms in total. The van der Waals surface area contributed by atoms with Crippen LogP contribution in [0.4, 0.5) is 0 Å². The second kappa shape index (κ2) is 6.61. The number of rotatable bonds is 6. The Labute approximate surface area is 115 Å². The normalized spacial score (nSPS) is 10.8. The fourth-order valence-electron chi connectivity index (χ4n) is 1.71. The number of unbranched alkanes of at least 4 members (excludes halogenated alkanes) is 1. The molecule has 0 aromatic carbocycles. The van der Waals surface area contributed by atoms with Gasteiger partial charge in [0.15, 0.2) is 0 Å². The van der Waals surface area contributed by atoms with Crippen molar-refractivity contribution in [2.45, 2.75) is 25.8 Å². The van der Waals surface area contributed by atoms with E-state index in [-0.39, 0.29) is 0 Å². The van der Waals surface area contributed by atoms with E-state index >= 15 is 0 Å². The van der Waals surface area contributed by atoms with Gasteiger partial charge in [0, 0.05) is 23.1 Å². The van der Waals surface area contributed by atoms with Crippen LogP contribution >= 0.6 is 15.9 Å². The third-order valence-corrected chi connectivity index (χ3v) is 3.01. The first kappa shape index (κ1) is 13.2. The topological polar surface area (TPSA) is 69.6 Å². The molecular formula is C12H16BrN5. The molecule has 0 aliphatic rings. The Morgan fingerprint density at radius 3 is 2.94 bits per heavy atom. The van der Waals surface area contributed by atoms with Gasteiger partial charge < -0.3 is 5.73 Å². The Morgan fingerprint density at radius 1 is 1.28 bits per heavy atom. The smallest absolute Gasteiger partial charge is 0.0827 e. The zero-order valence-corrected chi connectivity index (χ0v) is 11.7. The molecule has 6 heteroatoms. The van der Waals surface area contributed by atoms with Crippen molar-refractivity contribution in [3.05, 3.63) is 40.4 Å². The van der Waals surface area contributed by atoms with Crippen LogP contribution in [0.25, 0.3) is 0 Å². The van der Waals surface area contributed by atoms with Crippen molar-refractivity contribution >= 4 is 15.9 Å². The lowest BCUT2D eigenvalue weighted by Gasteiger charge is -2.00. The maximum Gasteiger partial charge on any atom is 0.0827 e. The number of halogens is 1. The van der Waals surface area contributed by atoms with Crippen molar-refractivity contribution in [3.63, 3.8) is 0 Å². The van der Waals surface area contributed by atoms with Crippen LogP contribution in [0, 0.1) is 0 Å². The van der Waals surface area contributed by atoms with E-state index in [0.717, 1.165) is 41.5 Å². The highest BCUT2D eigenvalue weighted by atomic mass is 79.9. The highest BCUT2D eigenvalue weighted by molar-refractivity contribution is 9.10. The Bertz CT molecular complexity index is 497. The summed E-state index contributed by atoms with van der Waals surface area (Å²) < 4.78 is 2.81. The number of hydrogen-bond donors (Lipinski definition) is 1. The SMILES string of the molecule is NCCCCc1cn(Cc2cncc(Br)c2)nn1. The largest absolute Gasteiger partial charge is 0.330 e. The Morgan fingerprint density at radius 2 is 2.17 bits per heavy atom. The van der Waals surface area contributed by atoms with Gasteiger partial charge in [0.25, 0.3) is 0 Å². The standard InChI is InChI=1S/C12H16BrN5/c13-11-5-10(6-15-7-11)8-18-9-12(16-17-18)3-1-2-4-14/h5-7,9H,1-4,8,14H2. The lowest BCUT2D eigenvalue weighted by atomic mass is 10.2. The second-order valence-corrected chi connectivity index (χ2v) is 5.08. The van der Waals surface area contributed by atoms with Crippen LogP contribution in [0.2, 0.25) is 0 Å². The number of pyridine rings is 1. The molecule has 0 saturated carbocycles. The van der Waals surface area contributed by atoms with Crippen LogP contribution in [0.1, 0.15) is 24.1 Å². The lowest BCUT2D eigenvalue weighted by Crippen LogP contribution is -2.00. The van der Waals surface area contributed by atoms with Gasteiger partial charge in [-0.1, -0.05) is 5.21 Å². The summed E-state index contributed by atoms with van der Waals surface area (Å²) in [5.74, 6) is 0. The van der Waals surface area contributed by atoms with Crippen molar-refractivity contribution in [1.82, 2.24) is 20.0 Å². The zero-order chi connectivity index (χ0) is 12.8. The number of nitrogens with zero attached hydrogens (tertiary/aromatic N) is 4. The van der Waals surface area contributed by atoms with Gasteiger partial charge in [-0.15, -0.1) is 5.10 Å². The van der Waals surface area contributed by atoms with E-state index in [4.69, 9.17) is 5.73 Å². The van der Waals surface area contributed by atoms with Crippen LogP contribution in [-0.4, -0.2) is 26.5 Å². The summed E-state index contributed by atoms with van der Waals surface area (Å²) in [6.45, 7) is 1.42. The van der Waals surface area contributed by atoms with Crippen molar-refractivity contribution in [2.75, 3.05) is 6.54 Å². The van der Waals surface area contributed by atoms with Crippen LogP contribution in [0.15, 0.2) is 29.1 Å². The summed E-state index contributed by atoms with van der Waals surface area (Å²) in [7, 11) is 0. The molecule has 2 aromatic heterocycles. The van der Waals surface area contributed by atoms with E-state index in [0.29, 0.717) is 6.54 Å². The van der Waals surface area contributed by atoms with Gasteiger partial charge in [-0.25, -0.2) is 4.68 Å². The molecule has 0 aliphatic carbocycles. The van der Waals surface area contributed by atoms with Crippen molar-refractivity contribution < 1.29 is 0 Å². The molecule has 0 saturated heterocycles. The lowest BCUT2D eigenvalue weighted by molar-refractivity contribution is 0.647. The Hall–Kier alpha value is -1.27. The van der Waals surface area contributed by atoms with Crippen LogP contribution < -0.4 is 5.73 Å². The van der Waals surface area contributed by atoms with E-state index in [2.05, 4.69) is 31.2 Å². The van der Waals surface area contributed by atoms with Gasteiger partial charge in [0.05, 0.1) is 12.2 Å². The predicted molar refractivity (Wildman–Crippen MR) is 73.1 cm³/mol. The summed E-state index contributed by atoms with van der Waals surface area (Å²) in [4.78, 5) is 4.13. The van der Waals surface area contributed by atoms with Gasteiger partial charge >= 0.3 is 0 Å². The maximum atomic E-state index is 5.46. The van der Waals surface area contributed by atoms with Gasteiger partial charge in [0.1, 0.15) is 0 Å². The molecule has 0 aliphatic heterocycles. The van der Waals surface area contributed by atoms with Gasteiger partial charge in [-0.2, -0.15) is 0 Å². The molecule has 0 fully saturated rings. The minimum atomic E-state index is 0.691. The summed E-state index contributed by atoms with van der Waals surface area (Å²) in [5, 5.41) is 8.26. The minimum absolute atomic E-state index is 0.691. The molecule has 0 amide bonds. The van der Waals surface area contributed by atoms with Crippen molar-refractivity contribution in [3.8, 4) is 0 Å². The fraction of sp³-hybridized carbons (Fsp3) is 0.417.